The fourth-order valence-electron chi connectivity index (χ4n) is 1.75. The van der Waals surface area contributed by atoms with E-state index in [1.165, 1.54) is 0 Å². The molecule has 2 atom stereocenters. The highest BCUT2D eigenvalue weighted by atomic mass is 16.2. The lowest BCUT2D eigenvalue weighted by Crippen LogP contribution is -2.40. The van der Waals surface area contributed by atoms with Crippen LogP contribution in [0.3, 0.4) is 0 Å². The molecule has 0 aromatic rings. The minimum Gasteiger partial charge on any atom is -0.333 e. The second-order valence-corrected chi connectivity index (χ2v) is 4.41. The van der Waals surface area contributed by atoms with E-state index in [4.69, 9.17) is 0 Å². The first kappa shape index (κ1) is 11.2. The van der Waals surface area contributed by atoms with E-state index in [1.807, 2.05) is 20.8 Å². The lowest BCUT2D eigenvalue weighted by atomic mass is 9.96. The van der Waals surface area contributed by atoms with Gasteiger partial charge in [0.15, 0.2) is 0 Å². The predicted octanol–water partition coefficient (Wildman–Crippen LogP) is 1.47. The van der Waals surface area contributed by atoms with Crippen LogP contribution in [0.15, 0.2) is 0 Å². The van der Waals surface area contributed by atoms with Crippen LogP contribution >= 0.6 is 0 Å². The largest absolute Gasteiger partial charge is 0.333 e. The highest BCUT2D eigenvalue weighted by molar-refractivity contribution is 5.82. The first-order valence-corrected chi connectivity index (χ1v) is 5.33. The Labute approximate surface area is 85.5 Å². The Hall–Kier alpha value is -0.860. The summed E-state index contributed by atoms with van der Waals surface area (Å²) in [5.74, 6) is 0.501. The summed E-state index contributed by atoms with van der Waals surface area (Å²) in [7, 11) is 0. The monoisotopic (exact) mass is 197 g/mol. The summed E-state index contributed by atoms with van der Waals surface area (Å²) in [5.41, 5.74) is 0. The molecule has 0 radical (unpaired) electrons. The highest BCUT2D eigenvalue weighted by Crippen LogP contribution is 2.21. The first-order chi connectivity index (χ1) is 6.57. The van der Waals surface area contributed by atoms with Gasteiger partial charge in [0, 0.05) is 12.5 Å². The predicted molar refractivity (Wildman–Crippen MR) is 54.8 cm³/mol. The van der Waals surface area contributed by atoms with Crippen LogP contribution in [-0.2, 0) is 9.59 Å². The van der Waals surface area contributed by atoms with Crippen molar-refractivity contribution in [1.82, 2.24) is 4.90 Å². The number of rotatable bonds is 3. The van der Waals surface area contributed by atoms with Crippen molar-refractivity contribution >= 4 is 12.2 Å². The first-order valence-electron chi connectivity index (χ1n) is 5.33. The number of nitrogens with zero attached hydrogens (tertiary/aromatic N) is 1. The molecule has 3 heteroatoms. The zero-order chi connectivity index (χ0) is 10.7. The molecule has 0 aliphatic carbocycles. The van der Waals surface area contributed by atoms with Gasteiger partial charge in [-0.1, -0.05) is 20.8 Å². The van der Waals surface area contributed by atoms with Crippen LogP contribution in [0.25, 0.3) is 0 Å². The molecule has 1 rings (SSSR count). The number of hydrogen-bond acceptors (Lipinski definition) is 2. The third-order valence-corrected chi connectivity index (χ3v) is 3.13. The number of likely N-dealkylation sites (tertiary alicyclic amines) is 1. The van der Waals surface area contributed by atoms with E-state index in [0.29, 0.717) is 5.92 Å². The topological polar surface area (TPSA) is 37.4 Å². The zero-order valence-corrected chi connectivity index (χ0v) is 9.19. The van der Waals surface area contributed by atoms with Gasteiger partial charge < -0.3 is 9.69 Å². The summed E-state index contributed by atoms with van der Waals surface area (Å²) < 4.78 is 0. The lowest BCUT2D eigenvalue weighted by Gasteiger charge is -2.25. The van der Waals surface area contributed by atoms with E-state index < -0.39 is 0 Å². The van der Waals surface area contributed by atoms with Crippen LogP contribution in [0, 0.1) is 11.8 Å². The van der Waals surface area contributed by atoms with Crippen molar-refractivity contribution in [2.75, 3.05) is 6.54 Å². The van der Waals surface area contributed by atoms with Crippen LogP contribution in [0.1, 0.15) is 33.6 Å². The van der Waals surface area contributed by atoms with Gasteiger partial charge in [-0.05, 0) is 18.8 Å². The second kappa shape index (κ2) is 4.58. The lowest BCUT2D eigenvalue weighted by molar-refractivity contribution is -0.139. The molecule has 0 N–H and O–H groups in total. The molecule has 80 valence electrons. The molecule has 0 aromatic heterocycles. The molecule has 1 saturated heterocycles. The number of carbonyl (C=O) groups excluding carboxylic acids is 2. The van der Waals surface area contributed by atoms with Crippen LogP contribution in [0.2, 0.25) is 0 Å². The summed E-state index contributed by atoms with van der Waals surface area (Å²) >= 11 is 0. The number of amides is 1. The third kappa shape index (κ3) is 2.14. The minimum absolute atomic E-state index is 0.0237. The normalized spacial score (nSPS) is 24.0. The maximum Gasteiger partial charge on any atom is 0.226 e. The Morgan fingerprint density at radius 1 is 1.43 bits per heavy atom. The van der Waals surface area contributed by atoms with Gasteiger partial charge in [0.1, 0.15) is 6.29 Å². The van der Waals surface area contributed by atoms with E-state index in [9.17, 15) is 9.59 Å². The van der Waals surface area contributed by atoms with Crippen LogP contribution in [-0.4, -0.2) is 29.7 Å². The molecule has 0 spiro atoms. The number of hydrogen-bond donors (Lipinski definition) is 0. The summed E-state index contributed by atoms with van der Waals surface area (Å²) in [6.07, 6.45) is 2.69. The standard InChI is InChI=1S/C11H19NO2/c1-8(2)9(3)11(14)12-6-4-5-10(12)7-13/h7-10H,4-6H2,1-3H3. The van der Waals surface area contributed by atoms with E-state index in [2.05, 4.69) is 0 Å². The van der Waals surface area contributed by atoms with Gasteiger partial charge >= 0.3 is 0 Å². The van der Waals surface area contributed by atoms with Crippen molar-refractivity contribution in [1.29, 1.82) is 0 Å². The van der Waals surface area contributed by atoms with Gasteiger partial charge in [-0.3, -0.25) is 4.79 Å². The number of carbonyl (C=O) groups is 2. The fraction of sp³-hybridized carbons (Fsp3) is 0.818. The van der Waals surface area contributed by atoms with Crippen LogP contribution in [0.5, 0.6) is 0 Å². The molecule has 0 saturated carbocycles. The van der Waals surface area contributed by atoms with Crippen molar-refractivity contribution in [3.63, 3.8) is 0 Å². The maximum atomic E-state index is 11.9. The van der Waals surface area contributed by atoms with Gasteiger partial charge in [-0.25, -0.2) is 0 Å². The molecule has 1 amide bonds. The minimum atomic E-state index is -0.163. The van der Waals surface area contributed by atoms with E-state index in [-0.39, 0.29) is 17.9 Å². The molecule has 2 unspecified atom stereocenters. The van der Waals surface area contributed by atoms with Crippen LogP contribution < -0.4 is 0 Å². The Kier molecular flexibility index (Phi) is 3.67. The van der Waals surface area contributed by atoms with Gasteiger partial charge in [0.2, 0.25) is 5.91 Å². The summed E-state index contributed by atoms with van der Waals surface area (Å²) in [5, 5.41) is 0. The molecule has 3 nitrogen and oxygen atoms in total. The van der Waals surface area contributed by atoms with Crippen molar-refractivity contribution in [2.24, 2.45) is 11.8 Å². The fourth-order valence-corrected chi connectivity index (χ4v) is 1.75. The Bertz CT molecular complexity index is 225. The Morgan fingerprint density at radius 3 is 2.57 bits per heavy atom. The Morgan fingerprint density at radius 2 is 2.07 bits per heavy atom. The van der Waals surface area contributed by atoms with E-state index in [1.54, 1.807) is 4.90 Å². The highest BCUT2D eigenvalue weighted by Gasteiger charge is 2.31. The van der Waals surface area contributed by atoms with Crippen molar-refractivity contribution in [2.45, 2.75) is 39.7 Å². The summed E-state index contributed by atoms with van der Waals surface area (Å²) in [6, 6.07) is -0.163. The van der Waals surface area contributed by atoms with Crippen molar-refractivity contribution in [3.8, 4) is 0 Å². The number of aldehydes is 1. The zero-order valence-electron chi connectivity index (χ0n) is 9.19. The molecule has 1 aliphatic heterocycles. The quantitative estimate of drug-likeness (QED) is 0.642. The molecular weight excluding hydrogens is 178 g/mol. The molecule has 1 aliphatic rings. The van der Waals surface area contributed by atoms with Gasteiger partial charge in [0.05, 0.1) is 6.04 Å². The van der Waals surface area contributed by atoms with E-state index >= 15 is 0 Å². The summed E-state index contributed by atoms with van der Waals surface area (Å²) in [4.78, 5) is 24.4. The van der Waals surface area contributed by atoms with Crippen molar-refractivity contribution < 1.29 is 9.59 Å². The molecule has 1 heterocycles. The molecule has 0 bridgehead atoms. The van der Waals surface area contributed by atoms with E-state index in [0.717, 1.165) is 25.7 Å². The SMILES string of the molecule is CC(C)C(C)C(=O)N1CCCC1C=O. The van der Waals surface area contributed by atoms with Gasteiger partial charge in [-0.2, -0.15) is 0 Å². The molecular formula is C11H19NO2. The molecule has 14 heavy (non-hydrogen) atoms. The maximum absolute atomic E-state index is 11.9. The molecule has 1 fully saturated rings. The smallest absolute Gasteiger partial charge is 0.226 e. The van der Waals surface area contributed by atoms with Crippen LogP contribution in [0.4, 0.5) is 0 Å². The van der Waals surface area contributed by atoms with Crippen molar-refractivity contribution in [3.05, 3.63) is 0 Å². The second-order valence-electron chi connectivity index (χ2n) is 4.41. The van der Waals surface area contributed by atoms with Gasteiger partial charge in [-0.15, -0.1) is 0 Å². The Balaban J connectivity index is 2.64. The van der Waals surface area contributed by atoms with Gasteiger partial charge in [0.25, 0.3) is 0 Å². The average Bonchev–Trinajstić information content (AvgIpc) is 2.62. The average molecular weight is 197 g/mol. The third-order valence-electron chi connectivity index (χ3n) is 3.13. The molecule has 0 aromatic carbocycles. The summed E-state index contributed by atoms with van der Waals surface area (Å²) in [6.45, 7) is 6.76.